The van der Waals surface area contributed by atoms with Crippen molar-refractivity contribution in [3.05, 3.63) is 77.6 Å². The summed E-state index contributed by atoms with van der Waals surface area (Å²) in [7, 11) is 0. The molecule has 0 bridgehead atoms. The molecule has 3 aromatic rings. The lowest BCUT2D eigenvalue weighted by atomic mass is 9.91. The van der Waals surface area contributed by atoms with E-state index in [2.05, 4.69) is 27.2 Å². The zero-order valence-corrected chi connectivity index (χ0v) is 29.8. The van der Waals surface area contributed by atoms with Crippen LogP contribution in [0.4, 0.5) is 0 Å². The number of nitrogens with one attached hydrogen (secondary N) is 2. The summed E-state index contributed by atoms with van der Waals surface area (Å²) in [5, 5.41) is 46.7. The first-order valence-corrected chi connectivity index (χ1v) is 16.6. The molecule has 1 saturated heterocycles. The van der Waals surface area contributed by atoms with Gasteiger partial charge in [0, 0.05) is 40.4 Å². The van der Waals surface area contributed by atoms with Crippen LogP contribution in [0.1, 0.15) is 50.0 Å². The molecule has 15 nitrogen and oxygen atoms in total. The highest BCUT2D eigenvalue weighted by Gasteiger charge is 2.52. The van der Waals surface area contributed by atoms with Crippen molar-refractivity contribution in [1.29, 1.82) is 0 Å². The standard InChI is InChI=1S/C36H42ClN7O8/c1-17(2)22-15-40-23-9-7-6-8-20(23)26(22)21-14-19(10-11-24(21)45)31(47)43-29(27(37)25(46)16-41-35(38)39)33(49)44-13-12-36(5,52)30(44)32(48)42-28(18(3)4)34(50)51/h6-11,14-15,25,27,29-30,45-46,52H,1,12-13,16H2,2-5H3,(H,42,48)(H,43,47)(H,50,51)(H4,38,39,41). The zero-order valence-electron chi connectivity index (χ0n) is 29.1. The normalized spacial score (nSPS) is 18.5. The Labute approximate surface area is 304 Å². The van der Waals surface area contributed by atoms with Gasteiger partial charge >= 0.3 is 5.97 Å². The number of allylic oxidation sites excluding steroid dienone is 2. The third-order valence-corrected chi connectivity index (χ3v) is 9.26. The van der Waals surface area contributed by atoms with Gasteiger partial charge in [0.25, 0.3) is 5.91 Å². The van der Waals surface area contributed by atoms with E-state index < -0.39 is 65.1 Å². The zero-order chi connectivity index (χ0) is 38.7. The molecule has 16 heteroatoms. The van der Waals surface area contributed by atoms with Crippen LogP contribution in [-0.4, -0.2) is 102 Å². The number of amides is 3. The molecule has 1 aromatic heterocycles. The molecular formula is C36H42ClN7O8. The van der Waals surface area contributed by atoms with Crippen molar-refractivity contribution in [3.8, 4) is 16.9 Å². The molecule has 1 fully saturated rings. The highest BCUT2D eigenvalue weighted by Crippen LogP contribution is 2.39. The first kappa shape index (κ1) is 39.3. The number of nitrogens with two attached hydrogens (primary N) is 2. The quantitative estimate of drug-likeness (QED) is 0.0576. The number of aromatic hydroxyl groups is 1. The number of carboxylic acid groups (broad SMARTS) is 1. The molecule has 5 atom stereocenters. The number of pyridine rings is 1. The number of aromatic nitrogens is 1. The van der Waals surface area contributed by atoms with Gasteiger partial charge in [0.15, 0.2) is 5.96 Å². The van der Waals surface area contributed by atoms with Crippen LogP contribution in [0.3, 0.4) is 0 Å². The van der Waals surface area contributed by atoms with E-state index in [1.165, 1.54) is 39.0 Å². The van der Waals surface area contributed by atoms with Gasteiger partial charge in [-0.3, -0.25) is 24.4 Å². The number of carbonyl (C=O) groups excluding carboxylic acids is 3. The Morgan fingerprint density at radius 2 is 1.83 bits per heavy atom. The Kier molecular flexibility index (Phi) is 11.9. The summed E-state index contributed by atoms with van der Waals surface area (Å²) in [6, 6.07) is 7.92. The largest absolute Gasteiger partial charge is 0.507 e. The fourth-order valence-electron chi connectivity index (χ4n) is 6.03. The number of halogens is 1. The van der Waals surface area contributed by atoms with Crippen LogP contribution < -0.4 is 22.1 Å². The molecule has 3 amide bonds. The molecule has 0 spiro atoms. The monoisotopic (exact) mass is 735 g/mol. The third-order valence-electron chi connectivity index (χ3n) is 8.72. The second kappa shape index (κ2) is 15.8. The number of para-hydroxylation sites is 1. The van der Waals surface area contributed by atoms with Gasteiger partial charge in [0.05, 0.1) is 29.1 Å². The van der Waals surface area contributed by atoms with Gasteiger partial charge in [0.2, 0.25) is 11.8 Å². The first-order valence-electron chi connectivity index (χ1n) is 16.2. The van der Waals surface area contributed by atoms with Gasteiger partial charge in [-0.1, -0.05) is 24.8 Å². The van der Waals surface area contributed by atoms with Crippen LogP contribution >= 0.6 is 11.6 Å². The number of carbonyl (C=O) groups is 4. The highest BCUT2D eigenvalue weighted by molar-refractivity contribution is 6.23. The number of likely N-dealkylation sites (tertiary alicyclic amines) is 1. The Bertz CT molecular complexity index is 1990. The second-order valence-electron chi connectivity index (χ2n) is 13.0. The minimum absolute atomic E-state index is 0.0147. The number of aliphatic hydroxyl groups excluding tert-OH is 1. The number of benzene rings is 2. The molecule has 2 aromatic carbocycles. The van der Waals surface area contributed by atoms with Crippen LogP contribution in [0.5, 0.6) is 5.75 Å². The Morgan fingerprint density at radius 3 is 2.44 bits per heavy atom. The predicted molar refractivity (Wildman–Crippen MR) is 196 cm³/mol. The van der Waals surface area contributed by atoms with E-state index in [9.17, 15) is 39.6 Å². The van der Waals surface area contributed by atoms with Crippen molar-refractivity contribution in [3.63, 3.8) is 0 Å². The van der Waals surface area contributed by atoms with E-state index >= 15 is 0 Å². The van der Waals surface area contributed by atoms with Crippen LogP contribution in [0, 0.1) is 0 Å². The number of fused-ring (bicyclic) bond motifs is 1. The Balaban J connectivity index is 1.77. The fraction of sp³-hybridized carbons (Fsp3) is 0.333. The molecule has 0 saturated carbocycles. The smallest absolute Gasteiger partial charge is 0.352 e. The van der Waals surface area contributed by atoms with E-state index in [0.29, 0.717) is 27.6 Å². The number of aliphatic hydroxyl groups is 2. The number of hydrogen-bond acceptors (Lipinski definition) is 9. The van der Waals surface area contributed by atoms with Crippen molar-refractivity contribution >= 4 is 57.7 Å². The molecule has 10 N–H and O–H groups in total. The first-order chi connectivity index (χ1) is 24.3. The number of hydrogen-bond donors (Lipinski definition) is 8. The number of carboxylic acids is 1. The van der Waals surface area contributed by atoms with Gasteiger partial charge in [-0.2, -0.15) is 0 Å². The molecule has 4 rings (SSSR count). The third kappa shape index (κ3) is 8.33. The van der Waals surface area contributed by atoms with Gasteiger partial charge in [0.1, 0.15) is 23.5 Å². The molecule has 52 heavy (non-hydrogen) atoms. The number of alkyl halides is 1. The van der Waals surface area contributed by atoms with Crippen molar-refractivity contribution in [2.45, 2.75) is 63.3 Å². The van der Waals surface area contributed by atoms with Gasteiger partial charge < -0.3 is 47.4 Å². The molecule has 276 valence electrons. The van der Waals surface area contributed by atoms with E-state index in [1.54, 1.807) is 25.3 Å². The van der Waals surface area contributed by atoms with Gasteiger partial charge in [-0.05, 0) is 69.5 Å². The van der Waals surface area contributed by atoms with Crippen molar-refractivity contribution in [2.24, 2.45) is 16.5 Å². The van der Waals surface area contributed by atoms with Crippen LogP contribution in [0.2, 0.25) is 0 Å². The van der Waals surface area contributed by atoms with Gasteiger partial charge in [-0.25, -0.2) is 4.79 Å². The van der Waals surface area contributed by atoms with Crippen LogP contribution in [0.15, 0.2) is 71.5 Å². The van der Waals surface area contributed by atoms with E-state index in [1.807, 2.05) is 12.1 Å². The van der Waals surface area contributed by atoms with Crippen LogP contribution in [-0.2, 0) is 14.4 Å². The lowest BCUT2D eigenvalue weighted by Crippen LogP contribution is -2.61. The van der Waals surface area contributed by atoms with Crippen molar-refractivity contribution < 1.29 is 39.6 Å². The van der Waals surface area contributed by atoms with Gasteiger partial charge in [-0.15, -0.1) is 11.6 Å². The summed E-state index contributed by atoms with van der Waals surface area (Å²) in [4.78, 5) is 62.8. The predicted octanol–water partition coefficient (Wildman–Crippen LogP) is 1.83. The number of rotatable bonds is 12. The molecule has 1 aliphatic heterocycles. The summed E-state index contributed by atoms with van der Waals surface area (Å²) in [5.41, 5.74) is 11.5. The topological polar surface area (TPSA) is 254 Å². The van der Waals surface area contributed by atoms with E-state index in [-0.39, 0.29) is 41.4 Å². The number of phenolic OH excluding ortho intramolecular Hbond substituents is 1. The summed E-state index contributed by atoms with van der Waals surface area (Å²) >= 11 is 6.66. The van der Waals surface area contributed by atoms with E-state index in [0.717, 1.165) is 4.90 Å². The number of nitrogens with zero attached hydrogens (tertiary/aromatic N) is 3. The maximum atomic E-state index is 14.3. The van der Waals surface area contributed by atoms with Crippen molar-refractivity contribution in [2.75, 3.05) is 13.1 Å². The minimum atomic E-state index is -1.82. The maximum Gasteiger partial charge on any atom is 0.352 e. The molecule has 1 aliphatic rings. The molecule has 0 radical (unpaired) electrons. The SMILES string of the molecule is C=C(C)c1cnc2ccccc2c1-c1cc(C(=O)NC(C(=O)N2CCC(C)(O)C2C(=O)NC(C(=O)O)=C(C)C)C(Cl)C(O)CN=C(N)N)ccc1O. The molecule has 2 heterocycles. The number of aliphatic carboxylic acids is 1. The fourth-order valence-corrected chi connectivity index (χ4v) is 6.28. The Hall–Kier alpha value is -5.51. The summed E-state index contributed by atoms with van der Waals surface area (Å²) in [6.45, 7) is 9.41. The number of guanidine groups is 1. The number of aliphatic imine (C=N–C) groups is 1. The minimum Gasteiger partial charge on any atom is -0.507 e. The summed E-state index contributed by atoms with van der Waals surface area (Å²) < 4.78 is 0. The second-order valence-corrected chi connectivity index (χ2v) is 13.5. The molecular weight excluding hydrogens is 694 g/mol. The maximum absolute atomic E-state index is 14.3. The molecule has 5 unspecified atom stereocenters. The van der Waals surface area contributed by atoms with Crippen LogP contribution in [0.25, 0.3) is 27.6 Å². The van der Waals surface area contributed by atoms with E-state index in [4.69, 9.17) is 23.1 Å². The van der Waals surface area contributed by atoms with Crippen molar-refractivity contribution in [1.82, 2.24) is 20.5 Å². The Morgan fingerprint density at radius 1 is 1.15 bits per heavy atom. The summed E-state index contributed by atoms with van der Waals surface area (Å²) in [5.74, 6) is -4.76. The highest BCUT2D eigenvalue weighted by atomic mass is 35.5. The number of phenols is 1. The lowest BCUT2D eigenvalue weighted by molar-refractivity contribution is -0.145. The summed E-state index contributed by atoms with van der Waals surface area (Å²) in [6.07, 6.45) is -0.0786. The average molecular weight is 736 g/mol. The lowest BCUT2D eigenvalue weighted by Gasteiger charge is -2.34. The molecule has 0 aliphatic carbocycles. The average Bonchev–Trinajstić information content (AvgIpc) is 3.41.